The van der Waals surface area contributed by atoms with Crippen molar-refractivity contribution in [2.45, 2.75) is 46.4 Å². The number of fused-ring (bicyclic) bond motifs is 1. The van der Waals surface area contributed by atoms with E-state index < -0.39 is 6.61 Å². The van der Waals surface area contributed by atoms with Crippen molar-refractivity contribution in [2.24, 2.45) is 5.92 Å². The van der Waals surface area contributed by atoms with Crippen LogP contribution in [0.1, 0.15) is 40.5 Å². The predicted octanol–water partition coefficient (Wildman–Crippen LogP) is 2.42. The highest BCUT2D eigenvalue weighted by Gasteiger charge is 2.25. The fourth-order valence-electron chi connectivity index (χ4n) is 3.48. The predicted molar refractivity (Wildman–Crippen MR) is 102 cm³/mol. The quantitative estimate of drug-likeness (QED) is 0.740. The summed E-state index contributed by atoms with van der Waals surface area (Å²) < 4.78 is 31.6. The average Bonchev–Trinajstić information content (AvgIpc) is 3.09. The van der Waals surface area contributed by atoms with E-state index in [4.69, 9.17) is 0 Å². The van der Waals surface area contributed by atoms with Crippen LogP contribution in [0.3, 0.4) is 0 Å². The Labute approximate surface area is 167 Å². The number of amides is 2. The molecule has 1 atom stereocenters. The summed E-state index contributed by atoms with van der Waals surface area (Å²) in [6.07, 6.45) is 3.03. The highest BCUT2D eigenvalue weighted by molar-refractivity contribution is 5.95. The Hall–Kier alpha value is -2.97. The van der Waals surface area contributed by atoms with Gasteiger partial charge in [0.2, 0.25) is 5.91 Å². The first-order chi connectivity index (χ1) is 13.8. The molecule has 1 aromatic heterocycles. The number of aromatic nitrogens is 2. The smallest absolute Gasteiger partial charge is 0.387 e. The van der Waals surface area contributed by atoms with E-state index in [2.05, 4.69) is 20.5 Å². The molecule has 3 rings (SSSR count). The van der Waals surface area contributed by atoms with E-state index in [0.717, 1.165) is 17.7 Å². The maximum Gasteiger partial charge on any atom is 0.387 e. The number of nitrogens with zero attached hydrogens (tertiary/aromatic N) is 2. The van der Waals surface area contributed by atoms with Gasteiger partial charge in [-0.25, -0.2) is 0 Å². The number of rotatable bonds is 7. The lowest BCUT2D eigenvalue weighted by atomic mass is 9.94. The highest BCUT2D eigenvalue weighted by Crippen LogP contribution is 2.24. The molecule has 0 spiro atoms. The minimum Gasteiger partial charge on any atom is -0.434 e. The van der Waals surface area contributed by atoms with E-state index in [1.54, 1.807) is 16.8 Å². The lowest BCUT2D eigenvalue weighted by Gasteiger charge is -2.24. The van der Waals surface area contributed by atoms with Crippen molar-refractivity contribution in [2.75, 3.05) is 6.54 Å². The van der Waals surface area contributed by atoms with E-state index in [9.17, 15) is 18.4 Å². The number of benzene rings is 1. The zero-order chi connectivity index (χ0) is 21.0. The number of aryl methyl sites for hydroxylation is 2. The molecule has 0 radical (unpaired) electrons. The van der Waals surface area contributed by atoms with Crippen molar-refractivity contribution in [3.05, 3.63) is 46.8 Å². The fraction of sp³-hybridized carbons (Fsp3) is 0.450. The average molecular weight is 406 g/mol. The lowest BCUT2D eigenvalue weighted by Crippen LogP contribution is -2.33. The lowest BCUT2D eigenvalue weighted by molar-refractivity contribution is -0.119. The molecule has 0 unspecified atom stereocenters. The number of nitrogens with one attached hydrogen (secondary N) is 2. The second-order valence-corrected chi connectivity index (χ2v) is 7.20. The van der Waals surface area contributed by atoms with Crippen molar-refractivity contribution in [1.82, 2.24) is 20.4 Å². The summed E-state index contributed by atoms with van der Waals surface area (Å²) in [6, 6.07) is 4.85. The first-order valence-corrected chi connectivity index (χ1v) is 9.45. The Kier molecular flexibility index (Phi) is 6.46. The third-order valence-electron chi connectivity index (χ3n) is 4.94. The van der Waals surface area contributed by atoms with E-state index in [1.807, 2.05) is 6.92 Å². The van der Waals surface area contributed by atoms with Gasteiger partial charge in [-0.15, -0.1) is 0 Å². The molecule has 2 heterocycles. The summed E-state index contributed by atoms with van der Waals surface area (Å²) in [5, 5.41) is 9.86. The van der Waals surface area contributed by atoms with Gasteiger partial charge in [0.05, 0.1) is 17.5 Å². The first-order valence-electron chi connectivity index (χ1n) is 9.45. The Morgan fingerprint density at radius 1 is 1.34 bits per heavy atom. The van der Waals surface area contributed by atoms with Crippen LogP contribution in [0.2, 0.25) is 0 Å². The SMILES string of the molecule is CC(=O)NC[C@@H]1CCn2ncc(C(=O)NCc3cc(C)ccc3OC(F)F)c2C1. The number of carbonyl (C=O) groups is 2. The molecular weight excluding hydrogens is 382 g/mol. The van der Waals surface area contributed by atoms with Crippen LogP contribution < -0.4 is 15.4 Å². The molecule has 0 bridgehead atoms. The van der Waals surface area contributed by atoms with E-state index in [0.29, 0.717) is 30.6 Å². The standard InChI is InChI=1S/C20H24F2N4O3/c1-12-3-4-18(29-20(21)22)15(7-12)10-24-19(28)16-11-25-26-6-5-14(8-17(16)26)9-23-13(2)27/h3-4,7,11,14,20H,5-6,8-10H2,1-2H3,(H,23,27)(H,24,28)/t14-/m1/s1. The number of ether oxygens (including phenoxy) is 1. The number of halogens is 2. The Balaban J connectivity index is 1.68. The summed E-state index contributed by atoms with van der Waals surface area (Å²) in [7, 11) is 0. The molecule has 2 amide bonds. The van der Waals surface area contributed by atoms with Crippen LogP contribution in [0, 0.1) is 12.8 Å². The van der Waals surface area contributed by atoms with Crippen LogP contribution in [0.5, 0.6) is 5.75 Å². The monoisotopic (exact) mass is 406 g/mol. The summed E-state index contributed by atoms with van der Waals surface area (Å²) >= 11 is 0. The van der Waals surface area contributed by atoms with Crippen LogP contribution in [0.15, 0.2) is 24.4 Å². The summed E-state index contributed by atoms with van der Waals surface area (Å²) in [6.45, 7) is 1.67. The maximum atomic E-state index is 12.7. The molecule has 2 aromatic rings. The molecule has 7 nitrogen and oxygen atoms in total. The zero-order valence-electron chi connectivity index (χ0n) is 16.4. The third kappa shape index (κ3) is 5.30. The van der Waals surface area contributed by atoms with Gasteiger partial charge in [-0.2, -0.15) is 13.9 Å². The largest absolute Gasteiger partial charge is 0.434 e. The van der Waals surface area contributed by atoms with Crippen LogP contribution in [-0.4, -0.2) is 34.8 Å². The second-order valence-electron chi connectivity index (χ2n) is 7.20. The van der Waals surface area contributed by atoms with E-state index >= 15 is 0 Å². The van der Waals surface area contributed by atoms with Crippen LogP contribution in [0.4, 0.5) is 8.78 Å². The van der Waals surface area contributed by atoms with Crippen molar-refractivity contribution < 1.29 is 23.1 Å². The van der Waals surface area contributed by atoms with Crippen molar-refractivity contribution in [3.63, 3.8) is 0 Å². The van der Waals surface area contributed by atoms with Gasteiger partial charge in [0.1, 0.15) is 5.75 Å². The molecule has 1 aliphatic rings. The Bertz CT molecular complexity index is 898. The zero-order valence-corrected chi connectivity index (χ0v) is 16.4. The van der Waals surface area contributed by atoms with Gasteiger partial charge in [0, 0.05) is 32.1 Å². The molecule has 1 aromatic carbocycles. The van der Waals surface area contributed by atoms with Gasteiger partial charge >= 0.3 is 6.61 Å². The number of carbonyl (C=O) groups excluding carboxylic acids is 2. The minimum absolute atomic E-state index is 0.0401. The van der Waals surface area contributed by atoms with E-state index in [1.165, 1.54) is 19.2 Å². The van der Waals surface area contributed by atoms with Crippen LogP contribution in [-0.2, 0) is 24.3 Å². The molecule has 156 valence electrons. The maximum absolute atomic E-state index is 12.7. The van der Waals surface area contributed by atoms with Crippen molar-refractivity contribution in [1.29, 1.82) is 0 Å². The molecular formula is C20H24F2N4O3. The van der Waals surface area contributed by atoms with Crippen molar-refractivity contribution in [3.8, 4) is 5.75 Å². The number of hydrogen-bond donors (Lipinski definition) is 2. The van der Waals surface area contributed by atoms with Crippen LogP contribution in [0.25, 0.3) is 0 Å². The van der Waals surface area contributed by atoms with Gasteiger partial charge in [-0.05, 0) is 31.7 Å². The van der Waals surface area contributed by atoms with Gasteiger partial charge in [0.25, 0.3) is 5.91 Å². The molecule has 0 saturated heterocycles. The summed E-state index contributed by atoms with van der Waals surface area (Å²) in [5.74, 6) is -0.131. The molecule has 0 aliphatic carbocycles. The summed E-state index contributed by atoms with van der Waals surface area (Å²) in [4.78, 5) is 23.9. The van der Waals surface area contributed by atoms with Gasteiger partial charge in [0.15, 0.2) is 0 Å². The topological polar surface area (TPSA) is 85.2 Å². The van der Waals surface area contributed by atoms with Gasteiger partial charge in [-0.1, -0.05) is 17.7 Å². The first kappa shape index (κ1) is 20.8. The molecule has 1 aliphatic heterocycles. The number of hydrogen-bond acceptors (Lipinski definition) is 4. The molecule has 29 heavy (non-hydrogen) atoms. The third-order valence-corrected chi connectivity index (χ3v) is 4.94. The van der Waals surface area contributed by atoms with Gasteiger partial charge < -0.3 is 15.4 Å². The van der Waals surface area contributed by atoms with Gasteiger partial charge in [-0.3, -0.25) is 14.3 Å². The van der Waals surface area contributed by atoms with E-state index in [-0.39, 0.29) is 30.0 Å². The highest BCUT2D eigenvalue weighted by atomic mass is 19.3. The normalized spacial score (nSPS) is 15.7. The molecule has 0 fully saturated rings. The van der Waals surface area contributed by atoms with Crippen LogP contribution >= 0.6 is 0 Å². The number of alkyl halides is 2. The Morgan fingerprint density at radius 3 is 2.86 bits per heavy atom. The summed E-state index contributed by atoms with van der Waals surface area (Å²) in [5.41, 5.74) is 2.63. The Morgan fingerprint density at radius 2 is 2.14 bits per heavy atom. The fourth-order valence-corrected chi connectivity index (χ4v) is 3.48. The molecule has 2 N–H and O–H groups in total. The second kappa shape index (κ2) is 9.02. The molecule has 9 heteroatoms. The minimum atomic E-state index is -2.93. The molecule has 0 saturated carbocycles. The van der Waals surface area contributed by atoms with Crippen molar-refractivity contribution >= 4 is 11.8 Å².